The van der Waals surface area contributed by atoms with Gasteiger partial charge in [0.2, 0.25) is 0 Å². The van der Waals surface area contributed by atoms with Gasteiger partial charge in [0.1, 0.15) is 0 Å². The van der Waals surface area contributed by atoms with Crippen molar-refractivity contribution in [3.8, 4) is 0 Å². The van der Waals surface area contributed by atoms with E-state index < -0.39 is 5.97 Å². The van der Waals surface area contributed by atoms with E-state index in [1.165, 1.54) is 4.88 Å². The highest BCUT2D eigenvalue weighted by Gasteiger charge is 2.20. The van der Waals surface area contributed by atoms with Crippen molar-refractivity contribution in [2.75, 3.05) is 6.54 Å². The maximum atomic E-state index is 10.7. The van der Waals surface area contributed by atoms with Crippen molar-refractivity contribution in [3.63, 3.8) is 0 Å². The van der Waals surface area contributed by atoms with Crippen molar-refractivity contribution in [1.29, 1.82) is 0 Å². The molecular weight excluding hydrogens is 302 g/mol. The average Bonchev–Trinajstić information content (AvgIpc) is 2.63. The van der Waals surface area contributed by atoms with Gasteiger partial charge in [-0.2, -0.15) is 0 Å². The van der Waals surface area contributed by atoms with Gasteiger partial charge in [0.25, 0.3) is 0 Å². The number of hydrogen-bond acceptors (Lipinski definition) is 3. The van der Waals surface area contributed by atoms with Gasteiger partial charge < -0.3 is 5.11 Å². The molecular formula is C12H18BrNO2S. The summed E-state index contributed by atoms with van der Waals surface area (Å²) in [6.45, 7) is 6.91. The SMILES string of the molecule is CC(C)N(CCC(=O)O)C(C)c1ccc(Br)s1. The molecule has 1 aromatic rings. The summed E-state index contributed by atoms with van der Waals surface area (Å²) in [6, 6.07) is 4.72. The number of thiophene rings is 1. The molecule has 0 aliphatic heterocycles. The maximum Gasteiger partial charge on any atom is 0.304 e. The first-order valence-corrected chi connectivity index (χ1v) is 7.25. The highest BCUT2D eigenvalue weighted by atomic mass is 79.9. The van der Waals surface area contributed by atoms with Gasteiger partial charge >= 0.3 is 5.97 Å². The predicted molar refractivity (Wildman–Crippen MR) is 74.5 cm³/mol. The highest BCUT2D eigenvalue weighted by Crippen LogP contribution is 2.31. The minimum Gasteiger partial charge on any atom is -0.481 e. The molecule has 1 N–H and O–H groups in total. The zero-order valence-corrected chi connectivity index (χ0v) is 12.7. The number of nitrogens with zero attached hydrogens (tertiary/aromatic N) is 1. The fourth-order valence-electron chi connectivity index (χ4n) is 1.84. The second-order valence-electron chi connectivity index (χ2n) is 4.29. The summed E-state index contributed by atoms with van der Waals surface area (Å²) in [5, 5.41) is 8.77. The smallest absolute Gasteiger partial charge is 0.304 e. The molecule has 0 aliphatic rings. The van der Waals surface area contributed by atoms with Crippen molar-refractivity contribution in [2.24, 2.45) is 0 Å². The van der Waals surface area contributed by atoms with Gasteiger partial charge in [-0.1, -0.05) is 0 Å². The summed E-state index contributed by atoms with van der Waals surface area (Å²) >= 11 is 5.16. The average molecular weight is 320 g/mol. The molecule has 0 aliphatic carbocycles. The molecule has 1 aromatic heterocycles. The van der Waals surface area contributed by atoms with Gasteiger partial charge in [0.15, 0.2) is 0 Å². The van der Waals surface area contributed by atoms with Crippen LogP contribution in [0.5, 0.6) is 0 Å². The summed E-state index contributed by atoms with van der Waals surface area (Å²) in [5.74, 6) is -0.741. The van der Waals surface area contributed by atoms with Crippen molar-refractivity contribution < 1.29 is 9.90 Å². The van der Waals surface area contributed by atoms with Crippen LogP contribution in [-0.4, -0.2) is 28.6 Å². The van der Waals surface area contributed by atoms with Crippen LogP contribution in [0.3, 0.4) is 0 Å². The van der Waals surface area contributed by atoms with Crippen LogP contribution in [0.15, 0.2) is 15.9 Å². The molecule has 0 fully saturated rings. The summed E-state index contributed by atoms with van der Waals surface area (Å²) in [5.41, 5.74) is 0. The van der Waals surface area contributed by atoms with Gasteiger partial charge in [-0.05, 0) is 48.8 Å². The van der Waals surface area contributed by atoms with Crippen LogP contribution in [0.2, 0.25) is 0 Å². The van der Waals surface area contributed by atoms with Crippen molar-refractivity contribution in [2.45, 2.75) is 39.3 Å². The summed E-state index contributed by atoms with van der Waals surface area (Å²) in [6.07, 6.45) is 0.190. The predicted octanol–water partition coefficient (Wildman–Crippen LogP) is 3.76. The lowest BCUT2D eigenvalue weighted by molar-refractivity contribution is -0.137. The Morgan fingerprint density at radius 2 is 2.12 bits per heavy atom. The van der Waals surface area contributed by atoms with Gasteiger partial charge in [-0.3, -0.25) is 9.69 Å². The third-order valence-electron chi connectivity index (χ3n) is 2.75. The van der Waals surface area contributed by atoms with E-state index in [9.17, 15) is 4.79 Å². The van der Waals surface area contributed by atoms with Crippen molar-refractivity contribution >= 4 is 33.2 Å². The Hall–Kier alpha value is -0.390. The molecule has 5 heteroatoms. The molecule has 1 heterocycles. The third-order valence-corrected chi connectivity index (χ3v) is 4.54. The number of carbonyl (C=O) groups is 1. The Balaban J connectivity index is 2.73. The minimum absolute atomic E-state index is 0.190. The fourth-order valence-corrected chi connectivity index (χ4v) is 3.34. The second kappa shape index (κ2) is 6.52. The zero-order valence-electron chi connectivity index (χ0n) is 10.3. The van der Waals surface area contributed by atoms with E-state index in [0.717, 1.165) is 3.79 Å². The lowest BCUT2D eigenvalue weighted by atomic mass is 10.1. The quantitative estimate of drug-likeness (QED) is 0.868. The summed E-state index contributed by atoms with van der Waals surface area (Å²) in [4.78, 5) is 14.1. The maximum absolute atomic E-state index is 10.7. The van der Waals surface area contributed by atoms with E-state index in [1.54, 1.807) is 11.3 Å². The third kappa shape index (κ3) is 4.41. The molecule has 0 radical (unpaired) electrons. The molecule has 0 spiro atoms. The van der Waals surface area contributed by atoms with Crippen LogP contribution >= 0.6 is 27.3 Å². The van der Waals surface area contributed by atoms with E-state index >= 15 is 0 Å². The Bertz CT molecular complexity index is 378. The molecule has 0 aromatic carbocycles. The Labute approximate surface area is 115 Å². The first kappa shape index (κ1) is 14.7. The number of carboxylic acid groups (broad SMARTS) is 1. The van der Waals surface area contributed by atoms with E-state index in [1.807, 2.05) is 6.07 Å². The second-order valence-corrected chi connectivity index (χ2v) is 6.79. The lowest BCUT2D eigenvalue weighted by Crippen LogP contribution is -2.35. The van der Waals surface area contributed by atoms with Gasteiger partial charge in [0, 0.05) is 23.5 Å². The highest BCUT2D eigenvalue weighted by molar-refractivity contribution is 9.11. The number of halogens is 1. The van der Waals surface area contributed by atoms with Gasteiger partial charge in [-0.15, -0.1) is 11.3 Å². The number of aliphatic carboxylic acids is 1. The van der Waals surface area contributed by atoms with E-state index in [4.69, 9.17) is 5.11 Å². The zero-order chi connectivity index (χ0) is 13.0. The molecule has 3 nitrogen and oxygen atoms in total. The van der Waals surface area contributed by atoms with Crippen molar-refractivity contribution in [3.05, 3.63) is 20.8 Å². The van der Waals surface area contributed by atoms with Crippen LogP contribution in [0.4, 0.5) is 0 Å². The Kier molecular flexibility index (Phi) is 5.62. The largest absolute Gasteiger partial charge is 0.481 e. The van der Waals surface area contributed by atoms with E-state index in [2.05, 4.69) is 47.7 Å². The van der Waals surface area contributed by atoms with Crippen LogP contribution < -0.4 is 0 Å². The van der Waals surface area contributed by atoms with Crippen LogP contribution in [0.25, 0.3) is 0 Å². The number of hydrogen-bond donors (Lipinski definition) is 1. The number of rotatable bonds is 6. The first-order valence-electron chi connectivity index (χ1n) is 5.64. The summed E-state index contributed by atoms with van der Waals surface area (Å²) < 4.78 is 1.11. The Morgan fingerprint density at radius 3 is 2.53 bits per heavy atom. The summed E-state index contributed by atoms with van der Waals surface area (Å²) in [7, 11) is 0. The molecule has 0 saturated heterocycles. The van der Waals surface area contributed by atoms with Gasteiger partial charge in [-0.25, -0.2) is 0 Å². The van der Waals surface area contributed by atoms with Crippen LogP contribution in [-0.2, 0) is 4.79 Å². The normalized spacial score (nSPS) is 13.3. The van der Waals surface area contributed by atoms with Crippen LogP contribution in [0.1, 0.15) is 38.1 Å². The Morgan fingerprint density at radius 1 is 1.47 bits per heavy atom. The standard InChI is InChI=1S/C12H18BrNO2S/c1-8(2)14(7-6-12(15)16)9(3)10-4-5-11(13)17-10/h4-5,8-9H,6-7H2,1-3H3,(H,15,16). The van der Waals surface area contributed by atoms with Crippen LogP contribution in [0, 0.1) is 0 Å². The lowest BCUT2D eigenvalue weighted by Gasteiger charge is -2.31. The molecule has 96 valence electrons. The monoisotopic (exact) mass is 319 g/mol. The molecule has 1 rings (SSSR count). The van der Waals surface area contributed by atoms with Gasteiger partial charge in [0.05, 0.1) is 10.2 Å². The molecule has 0 saturated carbocycles. The fraction of sp³-hybridized carbons (Fsp3) is 0.583. The number of carboxylic acids is 1. The molecule has 1 atom stereocenters. The van der Waals surface area contributed by atoms with E-state index in [-0.39, 0.29) is 12.5 Å². The molecule has 0 bridgehead atoms. The molecule has 0 amide bonds. The van der Waals surface area contributed by atoms with Crippen molar-refractivity contribution in [1.82, 2.24) is 4.90 Å². The first-order chi connectivity index (χ1) is 7.91. The minimum atomic E-state index is -0.741. The van der Waals surface area contributed by atoms with E-state index in [0.29, 0.717) is 12.6 Å². The topological polar surface area (TPSA) is 40.5 Å². The molecule has 17 heavy (non-hydrogen) atoms. The molecule has 1 unspecified atom stereocenters.